The van der Waals surface area contributed by atoms with Gasteiger partial charge in [0.2, 0.25) is 0 Å². The van der Waals surface area contributed by atoms with Gasteiger partial charge >= 0.3 is 0 Å². The maximum Gasteiger partial charge on any atom is 0.127 e. The Morgan fingerprint density at radius 1 is 1.56 bits per heavy atom. The summed E-state index contributed by atoms with van der Waals surface area (Å²) in [5.41, 5.74) is 0.768. The SMILES string of the molecule is COc1ccncc1C(O)[C@H]1CCCCN1. The quantitative estimate of drug-likeness (QED) is 0.808. The van der Waals surface area contributed by atoms with Crippen LogP contribution in [0.5, 0.6) is 5.75 Å². The Hall–Kier alpha value is -1.13. The number of aliphatic hydroxyl groups excluding tert-OH is 1. The van der Waals surface area contributed by atoms with Gasteiger partial charge in [-0.05, 0) is 25.5 Å². The summed E-state index contributed by atoms with van der Waals surface area (Å²) in [5, 5.41) is 13.6. The lowest BCUT2D eigenvalue weighted by Crippen LogP contribution is -2.38. The van der Waals surface area contributed by atoms with Gasteiger partial charge in [-0.15, -0.1) is 0 Å². The van der Waals surface area contributed by atoms with E-state index in [1.807, 2.05) is 0 Å². The average Bonchev–Trinajstić information content (AvgIpc) is 2.39. The molecule has 0 aromatic carbocycles. The van der Waals surface area contributed by atoms with Crippen LogP contribution in [0.25, 0.3) is 0 Å². The number of piperidine rings is 1. The van der Waals surface area contributed by atoms with Crippen LogP contribution < -0.4 is 10.1 Å². The second-order valence-electron chi connectivity index (χ2n) is 4.12. The Morgan fingerprint density at radius 3 is 3.12 bits per heavy atom. The van der Waals surface area contributed by atoms with E-state index in [0.717, 1.165) is 24.9 Å². The van der Waals surface area contributed by atoms with Crippen molar-refractivity contribution in [2.75, 3.05) is 13.7 Å². The molecular weight excluding hydrogens is 204 g/mol. The molecule has 0 radical (unpaired) electrons. The van der Waals surface area contributed by atoms with Gasteiger partial charge in [-0.3, -0.25) is 4.98 Å². The molecule has 2 N–H and O–H groups in total. The number of ether oxygens (including phenoxy) is 1. The second kappa shape index (κ2) is 5.27. The predicted molar refractivity (Wildman–Crippen MR) is 61.4 cm³/mol. The van der Waals surface area contributed by atoms with Crippen LogP contribution in [-0.2, 0) is 0 Å². The van der Waals surface area contributed by atoms with Crippen molar-refractivity contribution >= 4 is 0 Å². The van der Waals surface area contributed by atoms with E-state index in [0.29, 0.717) is 5.75 Å². The van der Waals surface area contributed by atoms with Gasteiger partial charge in [-0.1, -0.05) is 6.42 Å². The summed E-state index contributed by atoms with van der Waals surface area (Å²) in [6.45, 7) is 0.976. The van der Waals surface area contributed by atoms with Gasteiger partial charge < -0.3 is 15.2 Å². The van der Waals surface area contributed by atoms with Crippen LogP contribution in [0, 0.1) is 0 Å². The molecule has 1 aromatic rings. The summed E-state index contributed by atoms with van der Waals surface area (Å²) in [6, 6.07) is 1.90. The van der Waals surface area contributed by atoms with Crippen LogP contribution in [0.1, 0.15) is 30.9 Å². The monoisotopic (exact) mass is 222 g/mol. The van der Waals surface area contributed by atoms with Gasteiger partial charge in [0.05, 0.1) is 13.2 Å². The third kappa shape index (κ3) is 2.33. The van der Waals surface area contributed by atoms with E-state index in [9.17, 15) is 5.11 Å². The van der Waals surface area contributed by atoms with Crippen molar-refractivity contribution in [1.82, 2.24) is 10.3 Å². The summed E-state index contributed by atoms with van der Waals surface area (Å²) < 4.78 is 5.23. The van der Waals surface area contributed by atoms with Crippen molar-refractivity contribution in [2.45, 2.75) is 31.4 Å². The van der Waals surface area contributed by atoms with Crippen LogP contribution in [0.4, 0.5) is 0 Å². The van der Waals surface area contributed by atoms with Gasteiger partial charge in [0, 0.05) is 24.0 Å². The molecule has 1 aromatic heterocycles. The standard InChI is InChI=1S/C12H18N2O2/c1-16-11-5-7-13-8-9(11)12(15)10-4-2-3-6-14-10/h5,7-8,10,12,14-15H,2-4,6H2,1H3/t10-,12?/m1/s1. The average molecular weight is 222 g/mol. The molecule has 0 amide bonds. The number of hydrogen-bond acceptors (Lipinski definition) is 4. The van der Waals surface area contributed by atoms with E-state index in [2.05, 4.69) is 10.3 Å². The van der Waals surface area contributed by atoms with E-state index in [1.54, 1.807) is 25.6 Å². The van der Waals surface area contributed by atoms with E-state index in [-0.39, 0.29) is 6.04 Å². The Kier molecular flexibility index (Phi) is 3.74. The molecule has 4 nitrogen and oxygen atoms in total. The molecule has 4 heteroatoms. The first-order valence-electron chi connectivity index (χ1n) is 5.72. The zero-order chi connectivity index (χ0) is 11.4. The minimum absolute atomic E-state index is 0.117. The highest BCUT2D eigenvalue weighted by atomic mass is 16.5. The summed E-state index contributed by atoms with van der Waals surface area (Å²) in [6.07, 6.45) is 6.16. The van der Waals surface area contributed by atoms with Crippen LogP contribution in [0.15, 0.2) is 18.5 Å². The summed E-state index contributed by atoms with van der Waals surface area (Å²) in [7, 11) is 1.61. The minimum Gasteiger partial charge on any atom is -0.496 e. The molecular formula is C12H18N2O2. The second-order valence-corrected chi connectivity index (χ2v) is 4.12. The number of nitrogens with zero attached hydrogens (tertiary/aromatic N) is 1. The third-order valence-corrected chi connectivity index (χ3v) is 3.08. The molecule has 0 bridgehead atoms. The Morgan fingerprint density at radius 2 is 2.44 bits per heavy atom. The fourth-order valence-electron chi connectivity index (χ4n) is 2.17. The Bertz CT molecular complexity index is 338. The Balaban J connectivity index is 2.15. The van der Waals surface area contributed by atoms with Crippen molar-refractivity contribution < 1.29 is 9.84 Å². The number of rotatable bonds is 3. The topological polar surface area (TPSA) is 54.4 Å². The van der Waals surface area contributed by atoms with Crippen LogP contribution in [-0.4, -0.2) is 29.8 Å². The first-order chi connectivity index (χ1) is 7.83. The third-order valence-electron chi connectivity index (χ3n) is 3.08. The molecule has 1 saturated heterocycles. The number of hydrogen-bond donors (Lipinski definition) is 2. The summed E-state index contributed by atoms with van der Waals surface area (Å²) in [4.78, 5) is 4.04. The molecule has 2 atom stereocenters. The highest BCUT2D eigenvalue weighted by Crippen LogP contribution is 2.28. The van der Waals surface area contributed by atoms with Gasteiger partial charge in [-0.25, -0.2) is 0 Å². The van der Waals surface area contributed by atoms with Crippen LogP contribution in [0.3, 0.4) is 0 Å². The first kappa shape index (κ1) is 11.4. The van der Waals surface area contributed by atoms with Gasteiger partial charge in [0.1, 0.15) is 5.75 Å². The molecule has 2 heterocycles. The zero-order valence-electron chi connectivity index (χ0n) is 9.52. The van der Waals surface area contributed by atoms with E-state index < -0.39 is 6.10 Å². The molecule has 0 aliphatic carbocycles. The number of nitrogens with one attached hydrogen (secondary N) is 1. The van der Waals surface area contributed by atoms with Gasteiger partial charge in [0.15, 0.2) is 0 Å². The molecule has 1 aliphatic rings. The van der Waals surface area contributed by atoms with Crippen molar-refractivity contribution in [3.63, 3.8) is 0 Å². The molecule has 1 fully saturated rings. The summed E-state index contributed by atoms with van der Waals surface area (Å²) in [5.74, 6) is 0.704. The molecule has 16 heavy (non-hydrogen) atoms. The lowest BCUT2D eigenvalue weighted by molar-refractivity contribution is 0.110. The maximum atomic E-state index is 10.3. The minimum atomic E-state index is -0.538. The van der Waals surface area contributed by atoms with E-state index in [1.165, 1.54) is 6.42 Å². The molecule has 2 rings (SSSR count). The molecule has 0 spiro atoms. The largest absolute Gasteiger partial charge is 0.496 e. The lowest BCUT2D eigenvalue weighted by atomic mass is 9.95. The molecule has 0 saturated carbocycles. The van der Waals surface area contributed by atoms with Gasteiger partial charge in [-0.2, -0.15) is 0 Å². The first-order valence-corrected chi connectivity index (χ1v) is 5.72. The van der Waals surface area contributed by atoms with Crippen LogP contribution >= 0.6 is 0 Å². The van der Waals surface area contributed by atoms with Crippen molar-refractivity contribution in [3.8, 4) is 5.75 Å². The van der Waals surface area contributed by atoms with E-state index in [4.69, 9.17) is 4.74 Å². The zero-order valence-corrected chi connectivity index (χ0v) is 9.52. The summed E-state index contributed by atoms with van der Waals surface area (Å²) >= 11 is 0. The molecule has 1 unspecified atom stereocenters. The number of aliphatic hydroxyl groups is 1. The lowest BCUT2D eigenvalue weighted by Gasteiger charge is -2.28. The van der Waals surface area contributed by atoms with E-state index >= 15 is 0 Å². The van der Waals surface area contributed by atoms with Crippen LogP contribution in [0.2, 0.25) is 0 Å². The predicted octanol–water partition coefficient (Wildman–Crippen LogP) is 1.27. The number of aromatic nitrogens is 1. The highest BCUT2D eigenvalue weighted by Gasteiger charge is 2.25. The fraction of sp³-hybridized carbons (Fsp3) is 0.583. The fourth-order valence-corrected chi connectivity index (χ4v) is 2.17. The smallest absolute Gasteiger partial charge is 0.127 e. The molecule has 1 aliphatic heterocycles. The van der Waals surface area contributed by atoms with Crippen molar-refractivity contribution in [3.05, 3.63) is 24.0 Å². The number of methoxy groups -OCH3 is 1. The maximum absolute atomic E-state index is 10.3. The van der Waals surface area contributed by atoms with Crippen molar-refractivity contribution in [1.29, 1.82) is 0 Å². The molecule has 88 valence electrons. The van der Waals surface area contributed by atoms with Crippen molar-refractivity contribution in [2.24, 2.45) is 0 Å². The van der Waals surface area contributed by atoms with Gasteiger partial charge in [0.25, 0.3) is 0 Å². The highest BCUT2D eigenvalue weighted by molar-refractivity contribution is 5.32. The normalized spacial score (nSPS) is 22.8. The Labute approximate surface area is 95.7 Å². The number of pyridine rings is 1.